The van der Waals surface area contributed by atoms with E-state index in [0.717, 1.165) is 19.2 Å². The summed E-state index contributed by atoms with van der Waals surface area (Å²) in [5.74, 6) is -0.886. The number of nitrogens with zero attached hydrogens (tertiary/aromatic N) is 1. The Morgan fingerprint density at radius 3 is 2.50 bits per heavy atom. The van der Waals surface area contributed by atoms with Gasteiger partial charge in [0.05, 0.1) is 0 Å². The highest BCUT2D eigenvalue weighted by Crippen LogP contribution is 2.09. The van der Waals surface area contributed by atoms with Crippen LogP contribution < -0.4 is 0 Å². The summed E-state index contributed by atoms with van der Waals surface area (Å²) in [7, 11) is 0. The van der Waals surface area contributed by atoms with Crippen molar-refractivity contribution >= 4 is 5.97 Å². The fourth-order valence-corrected chi connectivity index (χ4v) is 1.31. The Bertz CT molecular complexity index is 171. The number of carboxylic acid groups (broad SMARTS) is 1. The van der Waals surface area contributed by atoms with E-state index in [4.69, 9.17) is 5.11 Å². The molecule has 0 bridgehead atoms. The molecule has 0 spiro atoms. The molecule has 1 aliphatic rings. The molecule has 1 N–H and O–H groups in total. The van der Waals surface area contributed by atoms with E-state index in [-0.39, 0.29) is 0 Å². The summed E-state index contributed by atoms with van der Waals surface area (Å²) in [6.45, 7) is 3.97. The van der Waals surface area contributed by atoms with Crippen molar-refractivity contribution in [2.45, 2.75) is 19.3 Å². The largest absolute Gasteiger partial charge is 0.478 e. The van der Waals surface area contributed by atoms with Gasteiger partial charge in [0.25, 0.3) is 0 Å². The summed E-state index contributed by atoms with van der Waals surface area (Å²) in [6, 6.07) is 0. The van der Waals surface area contributed by atoms with Crippen molar-refractivity contribution < 1.29 is 9.90 Å². The first-order chi connectivity index (χ1) is 5.79. The summed E-state index contributed by atoms with van der Waals surface area (Å²) in [4.78, 5) is 12.3. The van der Waals surface area contributed by atoms with Gasteiger partial charge in [0.1, 0.15) is 0 Å². The van der Waals surface area contributed by atoms with Crippen molar-refractivity contribution in [3.05, 3.63) is 18.7 Å². The predicted octanol–water partition coefficient (Wildman–Crippen LogP) is 1.27. The number of carbonyl (C=O) groups is 1. The first-order valence-electron chi connectivity index (χ1n) is 4.27. The standard InChI is InChI=1S/C9H14NO2/c11-9(12)5-4-8-10-6-2-1-3-7-10/h4-5,8H,1-3,6-7H2,(H,11,12). The van der Waals surface area contributed by atoms with Crippen molar-refractivity contribution in [2.24, 2.45) is 0 Å². The minimum atomic E-state index is -0.886. The summed E-state index contributed by atoms with van der Waals surface area (Å²) >= 11 is 0. The van der Waals surface area contributed by atoms with Gasteiger partial charge in [-0.05, 0) is 25.9 Å². The number of aliphatic carboxylic acids is 1. The van der Waals surface area contributed by atoms with Gasteiger partial charge in [-0.25, -0.2) is 4.79 Å². The van der Waals surface area contributed by atoms with Gasteiger partial charge in [-0.15, -0.1) is 0 Å². The first kappa shape index (κ1) is 9.26. The molecule has 1 radical (unpaired) electrons. The molecule has 1 rings (SSSR count). The van der Waals surface area contributed by atoms with Crippen LogP contribution in [0.3, 0.4) is 0 Å². The highest BCUT2D eigenvalue weighted by molar-refractivity contribution is 5.79. The third-order valence-corrected chi connectivity index (χ3v) is 1.93. The Kier molecular flexibility index (Phi) is 3.80. The van der Waals surface area contributed by atoms with Crippen LogP contribution in [0.25, 0.3) is 0 Å². The molecule has 1 fully saturated rings. The fraction of sp³-hybridized carbons (Fsp3) is 0.556. The molecule has 3 nitrogen and oxygen atoms in total. The highest BCUT2D eigenvalue weighted by Gasteiger charge is 2.07. The molecule has 67 valence electrons. The topological polar surface area (TPSA) is 40.5 Å². The van der Waals surface area contributed by atoms with Gasteiger partial charge in [-0.3, -0.25) is 4.90 Å². The minimum absolute atomic E-state index is 0.886. The Morgan fingerprint density at radius 1 is 1.25 bits per heavy atom. The molecule has 0 atom stereocenters. The number of likely N-dealkylation sites (tertiary alicyclic amines) is 1. The second-order valence-electron chi connectivity index (χ2n) is 2.94. The lowest BCUT2D eigenvalue weighted by Gasteiger charge is -2.24. The third-order valence-electron chi connectivity index (χ3n) is 1.93. The van der Waals surface area contributed by atoms with Gasteiger partial charge in [0.2, 0.25) is 0 Å². The van der Waals surface area contributed by atoms with E-state index in [9.17, 15) is 4.79 Å². The molecular weight excluding hydrogens is 154 g/mol. The molecule has 0 aliphatic carbocycles. The maximum atomic E-state index is 10.1. The Labute approximate surface area is 72.7 Å². The van der Waals surface area contributed by atoms with Gasteiger partial charge in [0, 0.05) is 12.6 Å². The molecule has 0 aromatic carbocycles. The summed E-state index contributed by atoms with van der Waals surface area (Å²) < 4.78 is 0. The zero-order valence-electron chi connectivity index (χ0n) is 7.07. The SMILES string of the molecule is O=C(O)C=C[CH]N1CCCCC1. The molecule has 1 saturated heterocycles. The van der Waals surface area contributed by atoms with Crippen LogP contribution >= 0.6 is 0 Å². The number of rotatable bonds is 3. The van der Waals surface area contributed by atoms with E-state index in [1.54, 1.807) is 6.08 Å². The summed E-state index contributed by atoms with van der Waals surface area (Å²) in [5, 5.41) is 8.32. The highest BCUT2D eigenvalue weighted by atomic mass is 16.4. The predicted molar refractivity (Wildman–Crippen MR) is 46.5 cm³/mol. The van der Waals surface area contributed by atoms with E-state index in [1.165, 1.54) is 19.3 Å². The zero-order valence-corrected chi connectivity index (χ0v) is 7.07. The van der Waals surface area contributed by atoms with Crippen LogP contribution in [0.4, 0.5) is 0 Å². The third kappa shape index (κ3) is 3.53. The number of carboxylic acids is 1. The Hall–Kier alpha value is -0.830. The Morgan fingerprint density at radius 2 is 1.92 bits per heavy atom. The molecule has 0 unspecified atom stereocenters. The van der Waals surface area contributed by atoms with Gasteiger partial charge in [-0.2, -0.15) is 0 Å². The number of hydrogen-bond acceptors (Lipinski definition) is 2. The van der Waals surface area contributed by atoms with E-state index in [0.29, 0.717) is 0 Å². The van der Waals surface area contributed by atoms with E-state index >= 15 is 0 Å². The number of piperidine rings is 1. The lowest BCUT2D eigenvalue weighted by Crippen LogP contribution is -2.26. The second-order valence-corrected chi connectivity index (χ2v) is 2.94. The van der Waals surface area contributed by atoms with Crippen LogP contribution in [0.5, 0.6) is 0 Å². The quantitative estimate of drug-likeness (QED) is 0.645. The van der Waals surface area contributed by atoms with Gasteiger partial charge in [-0.1, -0.05) is 12.5 Å². The molecule has 0 aromatic rings. The molecule has 0 aromatic heterocycles. The van der Waals surface area contributed by atoms with Gasteiger partial charge in [0.15, 0.2) is 0 Å². The van der Waals surface area contributed by atoms with Crippen LogP contribution in [-0.2, 0) is 4.79 Å². The molecule has 3 heteroatoms. The molecule has 1 aliphatic heterocycles. The van der Waals surface area contributed by atoms with E-state index in [1.807, 2.05) is 6.54 Å². The molecule has 12 heavy (non-hydrogen) atoms. The second kappa shape index (κ2) is 4.93. The lowest BCUT2D eigenvalue weighted by molar-refractivity contribution is -0.131. The van der Waals surface area contributed by atoms with Crippen LogP contribution in [-0.4, -0.2) is 29.1 Å². The van der Waals surface area contributed by atoms with Crippen molar-refractivity contribution in [2.75, 3.05) is 13.1 Å². The number of hydrogen-bond donors (Lipinski definition) is 1. The molecular formula is C9H14NO2. The summed E-state index contributed by atoms with van der Waals surface area (Å²) in [6.07, 6.45) is 6.49. The van der Waals surface area contributed by atoms with Crippen molar-refractivity contribution in [1.82, 2.24) is 4.90 Å². The zero-order chi connectivity index (χ0) is 8.81. The Balaban J connectivity index is 2.17. The monoisotopic (exact) mass is 168 g/mol. The van der Waals surface area contributed by atoms with Crippen molar-refractivity contribution in [3.8, 4) is 0 Å². The molecule has 1 heterocycles. The fourth-order valence-electron chi connectivity index (χ4n) is 1.31. The smallest absolute Gasteiger partial charge is 0.328 e. The first-order valence-corrected chi connectivity index (χ1v) is 4.27. The van der Waals surface area contributed by atoms with E-state index in [2.05, 4.69) is 4.90 Å². The lowest BCUT2D eigenvalue weighted by atomic mass is 10.1. The van der Waals surface area contributed by atoms with Gasteiger partial charge < -0.3 is 5.11 Å². The van der Waals surface area contributed by atoms with Crippen molar-refractivity contribution in [3.63, 3.8) is 0 Å². The van der Waals surface area contributed by atoms with Gasteiger partial charge >= 0.3 is 5.97 Å². The van der Waals surface area contributed by atoms with E-state index < -0.39 is 5.97 Å². The minimum Gasteiger partial charge on any atom is -0.478 e. The van der Waals surface area contributed by atoms with Crippen LogP contribution in [0.2, 0.25) is 0 Å². The van der Waals surface area contributed by atoms with Crippen LogP contribution in [0, 0.1) is 6.54 Å². The maximum absolute atomic E-state index is 10.1. The van der Waals surface area contributed by atoms with Crippen LogP contribution in [0.15, 0.2) is 12.2 Å². The maximum Gasteiger partial charge on any atom is 0.328 e. The van der Waals surface area contributed by atoms with Crippen LogP contribution in [0.1, 0.15) is 19.3 Å². The molecule has 0 saturated carbocycles. The average molecular weight is 168 g/mol. The summed E-state index contributed by atoms with van der Waals surface area (Å²) in [5.41, 5.74) is 0. The molecule has 0 amide bonds. The van der Waals surface area contributed by atoms with Crippen molar-refractivity contribution in [1.29, 1.82) is 0 Å². The normalized spacial score (nSPS) is 20.0. The average Bonchev–Trinajstić information content (AvgIpc) is 2.05.